The van der Waals surface area contributed by atoms with E-state index >= 15 is 0 Å². The number of allylic oxidation sites excluding steroid dienone is 7. The van der Waals surface area contributed by atoms with Gasteiger partial charge in [-0.2, -0.15) is 0 Å². The molecule has 0 bridgehead atoms. The molecule has 7 heterocycles. The quantitative estimate of drug-likeness (QED) is 0.0720. The molecule has 7 fully saturated rings. The first kappa shape index (κ1) is 84.1. The van der Waals surface area contributed by atoms with E-state index in [4.69, 9.17) is 28.7 Å². The van der Waals surface area contributed by atoms with E-state index in [1.165, 1.54) is 0 Å². The summed E-state index contributed by atoms with van der Waals surface area (Å²) in [5.74, 6) is 0.859. The van der Waals surface area contributed by atoms with Crippen molar-refractivity contribution in [3.63, 3.8) is 0 Å². The number of rotatable bonds is 21. The van der Waals surface area contributed by atoms with Gasteiger partial charge in [0.25, 0.3) is 0 Å². The van der Waals surface area contributed by atoms with Crippen LogP contribution in [0.3, 0.4) is 0 Å². The van der Waals surface area contributed by atoms with E-state index in [9.17, 15) is 33.6 Å². The fourth-order valence-electron chi connectivity index (χ4n) is 13.4. The lowest BCUT2D eigenvalue weighted by Gasteiger charge is -2.35. The maximum absolute atomic E-state index is 12.0. The number of nitrogens with two attached hydrogens (primary N) is 5. The number of hydrogen-bond donors (Lipinski definition) is 5. The molecule has 7 saturated heterocycles. The van der Waals surface area contributed by atoms with Crippen molar-refractivity contribution in [2.24, 2.45) is 52.3 Å². The van der Waals surface area contributed by atoms with Crippen molar-refractivity contribution in [3.05, 3.63) is 85.9 Å². The summed E-state index contributed by atoms with van der Waals surface area (Å²) in [6.07, 6.45) is 15.1. The van der Waals surface area contributed by atoms with E-state index in [-0.39, 0.29) is 82.9 Å². The summed E-state index contributed by atoms with van der Waals surface area (Å²) in [6, 6.07) is 0.277. The van der Waals surface area contributed by atoms with Gasteiger partial charge in [0.2, 0.25) is 41.4 Å². The molecule has 7 aliphatic rings. The minimum atomic E-state index is -0.267. The molecule has 21 nitrogen and oxygen atoms in total. The number of carbonyl (C=O) groups is 7. The summed E-state index contributed by atoms with van der Waals surface area (Å²) >= 11 is 0. The molecule has 0 aliphatic carbocycles. The summed E-state index contributed by atoms with van der Waals surface area (Å²) in [5, 5.41) is 0. The van der Waals surface area contributed by atoms with Crippen molar-refractivity contribution in [2.45, 2.75) is 235 Å². The molecular weight excluding hydrogens is 1170 g/mol. The van der Waals surface area contributed by atoms with Crippen LogP contribution in [0.2, 0.25) is 0 Å². The Balaban J connectivity index is 0.000000543. The Morgan fingerprint density at radius 2 is 0.978 bits per heavy atom. The Hall–Kier alpha value is -6.93. The second kappa shape index (κ2) is 40.3. The van der Waals surface area contributed by atoms with Crippen molar-refractivity contribution < 1.29 is 33.6 Å². The lowest BCUT2D eigenvalue weighted by atomic mass is 10.0. The van der Waals surface area contributed by atoms with E-state index in [1.807, 2.05) is 84.8 Å². The first-order chi connectivity index (χ1) is 43.3. The van der Waals surface area contributed by atoms with Gasteiger partial charge in [0, 0.05) is 111 Å². The third-order valence-corrected chi connectivity index (χ3v) is 19.1. The summed E-state index contributed by atoms with van der Waals surface area (Å²) in [4.78, 5) is 96.8. The average molecular weight is 1300 g/mol. The van der Waals surface area contributed by atoms with Gasteiger partial charge in [0.15, 0.2) is 0 Å². The first-order valence-electron chi connectivity index (χ1n) is 34.4. The highest BCUT2D eigenvalue weighted by molar-refractivity contribution is 5.82. The Bertz CT molecular complexity index is 2500. The second-order valence-electron chi connectivity index (χ2n) is 27.6. The molecule has 0 radical (unpaired) electrons. The Morgan fingerprint density at radius 3 is 1.28 bits per heavy atom. The summed E-state index contributed by atoms with van der Waals surface area (Å²) in [5.41, 5.74) is 34.0. The number of nitrogens with zero attached hydrogens (tertiary/aromatic N) is 9. The van der Waals surface area contributed by atoms with Crippen LogP contribution in [0.5, 0.6) is 0 Å². The highest BCUT2D eigenvalue weighted by atomic mass is 16.2. The number of primary amides is 5. The van der Waals surface area contributed by atoms with Gasteiger partial charge in [0.1, 0.15) is 24.2 Å². The number of likely N-dealkylation sites (tertiary alicyclic amines) is 7. The normalized spacial score (nSPS) is 21.8. The van der Waals surface area contributed by atoms with Crippen LogP contribution in [0, 0.1) is 23.7 Å². The van der Waals surface area contributed by atoms with Gasteiger partial charge in [-0.25, -0.2) is 0 Å². The molecule has 0 spiro atoms. The largest absolute Gasteiger partial charge is 0.368 e. The van der Waals surface area contributed by atoms with Gasteiger partial charge in [0.05, 0.1) is 19.6 Å². The molecule has 7 aliphatic heterocycles. The van der Waals surface area contributed by atoms with E-state index in [1.54, 1.807) is 19.0 Å². The highest BCUT2D eigenvalue weighted by Gasteiger charge is 2.37. The highest BCUT2D eigenvalue weighted by Crippen LogP contribution is 2.35. The van der Waals surface area contributed by atoms with Gasteiger partial charge in [-0.3, -0.25) is 33.6 Å². The molecule has 0 aromatic carbocycles. The van der Waals surface area contributed by atoms with Crippen LogP contribution in [-0.2, 0) is 33.6 Å². The van der Waals surface area contributed by atoms with Crippen molar-refractivity contribution in [1.29, 1.82) is 0 Å². The fraction of sp³-hybridized carbons (Fsp3) is 0.708. The summed E-state index contributed by atoms with van der Waals surface area (Å²) in [7, 11) is 3.57. The van der Waals surface area contributed by atoms with E-state index in [2.05, 4.69) is 97.4 Å². The van der Waals surface area contributed by atoms with Gasteiger partial charge in [-0.15, -0.1) is 0 Å². The van der Waals surface area contributed by atoms with Crippen molar-refractivity contribution in [1.82, 2.24) is 44.1 Å². The maximum Gasteiger partial charge on any atom is 0.242 e. The molecule has 530 valence electrons. The molecule has 10 N–H and O–H groups in total. The minimum absolute atomic E-state index is 0.0832. The van der Waals surface area contributed by atoms with Gasteiger partial charge >= 0.3 is 0 Å². The number of likely N-dealkylation sites (N-methyl/N-ethyl adjacent to an activating group) is 2. The molecule has 7 rings (SSSR count). The van der Waals surface area contributed by atoms with Crippen LogP contribution in [0.15, 0.2) is 85.9 Å². The van der Waals surface area contributed by atoms with E-state index in [0.29, 0.717) is 43.6 Å². The molecule has 8 atom stereocenters. The Morgan fingerprint density at radius 1 is 0.527 bits per heavy atom. The molecule has 7 amide bonds. The lowest BCUT2D eigenvalue weighted by Crippen LogP contribution is -2.45. The van der Waals surface area contributed by atoms with Crippen LogP contribution in [0.1, 0.15) is 193 Å². The summed E-state index contributed by atoms with van der Waals surface area (Å²) in [6.45, 7) is 63.3. The third kappa shape index (κ3) is 26.1. The zero-order chi connectivity index (χ0) is 71.5. The zero-order valence-electron chi connectivity index (χ0n) is 61.0. The predicted molar refractivity (Wildman–Crippen MR) is 380 cm³/mol. The van der Waals surface area contributed by atoms with Crippen molar-refractivity contribution in [3.8, 4) is 0 Å². The smallest absolute Gasteiger partial charge is 0.242 e. The maximum atomic E-state index is 12.0. The van der Waals surface area contributed by atoms with Crippen LogP contribution < -0.4 is 28.7 Å². The van der Waals surface area contributed by atoms with Crippen molar-refractivity contribution in [2.75, 3.05) is 73.0 Å². The van der Waals surface area contributed by atoms with Crippen LogP contribution >= 0.6 is 0 Å². The van der Waals surface area contributed by atoms with Gasteiger partial charge < -0.3 is 72.8 Å². The van der Waals surface area contributed by atoms with Crippen LogP contribution in [0.4, 0.5) is 0 Å². The zero-order valence-corrected chi connectivity index (χ0v) is 61.0. The SMILES string of the molecule is C=C1CC(C)C(C)N1CC(=O)N(C)C.C=C1CC(C)CN1C(CC)C(N)=O.C=C1CCC(C)(C)N1CC(=O)N(CC)CC.C=C1CCC(CC)N1CC(N)=O.C=C1CCCN1C(C(N)=O)C(C)C.C=C1CCCN1C(C(N)=O)C(C)C.C=C1CCCN1C(CC)C(N)=O. The molecule has 21 heteroatoms. The van der Waals surface area contributed by atoms with Gasteiger partial charge in [-0.1, -0.05) is 108 Å². The molecular formula is C72H130N14O7. The van der Waals surface area contributed by atoms with Crippen LogP contribution in [-0.4, -0.2) is 200 Å². The number of amides is 7. The number of hydrogen-bond acceptors (Lipinski definition) is 14. The predicted octanol–water partition coefficient (Wildman–Crippen LogP) is 8.60. The Kier molecular flexibility index (Phi) is 36.5. The van der Waals surface area contributed by atoms with E-state index in [0.717, 1.165) is 175 Å². The first-order valence-corrected chi connectivity index (χ1v) is 34.4. The Labute approximate surface area is 562 Å². The minimum Gasteiger partial charge on any atom is -0.368 e. The van der Waals surface area contributed by atoms with E-state index < -0.39 is 0 Å². The summed E-state index contributed by atoms with van der Waals surface area (Å²) < 4.78 is 0. The van der Waals surface area contributed by atoms with Gasteiger partial charge in [-0.05, 0) is 155 Å². The van der Waals surface area contributed by atoms with Crippen LogP contribution in [0.25, 0.3) is 0 Å². The fourth-order valence-corrected chi connectivity index (χ4v) is 13.4. The molecule has 0 aromatic heterocycles. The molecule has 0 saturated carbocycles. The third-order valence-electron chi connectivity index (χ3n) is 19.1. The molecule has 0 aromatic rings. The topological polar surface area (TPSA) is 279 Å². The lowest BCUT2D eigenvalue weighted by molar-refractivity contribution is -0.132. The second-order valence-corrected chi connectivity index (χ2v) is 27.6. The average Bonchev–Trinajstić information content (AvgIpc) is 1.78. The standard InChI is InChI=1S/C13H24N2O.C11H20N2O.3C10H18N2O.2C9H16N2O/c1-6-14(7-2)12(16)10-15-11(3)8-9-13(15,4)5;1-8-6-9(2)13(10(8)3)7-11(14)12(4)5;2*1-7(2)9(10(11)13)12-6-4-5-8(12)3;1-4-9(10(11)13)12-6-7(2)5-8(12)3;1-3-8-5-4-7(2)11(8)6-9(10)12;1-3-8(9(10)12)11-6-4-5-7(11)2/h3,6-10H2,1-2,4-5H3;8,10H,2,6-7H2,1,3-5H3;3*7,9H,3-6H2,1-2H3,(H2,11,13);2*8H,2-6H2,1H3,(H2,10,12). The molecule has 8 unspecified atom stereocenters. The molecule has 93 heavy (non-hydrogen) atoms. The van der Waals surface area contributed by atoms with Crippen molar-refractivity contribution >= 4 is 41.4 Å². The number of carbonyl (C=O) groups excluding carboxylic acids is 7. The monoisotopic (exact) mass is 1300 g/mol.